The van der Waals surface area contributed by atoms with Crippen LogP contribution in [0.4, 0.5) is 48.3 Å². The number of fused-ring (bicyclic) bond motifs is 2. The SMILES string of the molecule is COc1ccc(C2=NC3=C4C(=C(c5c(F)c(F)c(F)c(F)c5F)C(C)(C)C3(OC)S2)C(F)(F)C(F)(F)C4(F)F)cc1. The fourth-order valence-corrected chi connectivity index (χ4v) is 6.74. The molecule has 15 heteroatoms. The number of thioether (sulfide) groups is 1. The minimum atomic E-state index is -6.20. The molecule has 1 saturated carbocycles. The van der Waals surface area contributed by atoms with Crippen LogP contribution in [0.15, 0.2) is 46.1 Å². The number of aliphatic imine (C=N–C) groups is 1. The van der Waals surface area contributed by atoms with Gasteiger partial charge in [0.15, 0.2) is 28.2 Å². The number of ether oxygens (including phenoxy) is 2. The number of alkyl halides is 6. The summed E-state index contributed by atoms with van der Waals surface area (Å²) in [4.78, 5) is 1.49. The molecule has 3 nitrogen and oxygen atoms in total. The van der Waals surface area contributed by atoms with Crippen LogP contribution < -0.4 is 4.74 Å². The van der Waals surface area contributed by atoms with Gasteiger partial charge in [0.05, 0.1) is 23.9 Å². The number of halogens is 11. The van der Waals surface area contributed by atoms with Crippen molar-refractivity contribution in [3.63, 3.8) is 0 Å². The first-order chi connectivity index (χ1) is 18.8. The molecule has 2 aromatic rings. The first kappa shape index (κ1) is 29.4. The highest BCUT2D eigenvalue weighted by Gasteiger charge is 2.85. The molecule has 1 aliphatic heterocycles. The number of hydrogen-bond acceptors (Lipinski definition) is 4. The average molecular weight is 615 g/mol. The van der Waals surface area contributed by atoms with E-state index in [4.69, 9.17) is 9.47 Å². The summed E-state index contributed by atoms with van der Waals surface area (Å²) in [5.74, 6) is -30.7. The van der Waals surface area contributed by atoms with Gasteiger partial charge in [-0.2, -0.15) is 26.3 Å². The number of rotatable bonds is 4. The normalized spacial score (nSPS) is 25.3. The standard InChI is InChI=1S/C26H16F11NO2S/c1-22(2)12(11-15(27)17(29)19(31)18(30)16(11)28)13-14(24(34,35)26(36,37)23(13,32)33)20-25(22,40-4)41-21(38-20)9-5-7-10(39-3)8-6-9/h5-8H,1-4H3. The summed E-state index contributed by atoms with van der Waals surface area (Å²) in [5, 5.41) is -0.211. The molecule has 1 atom stereocenters. The highest BCUT2D eigenvalue weighted by atomic mass is 32.2. The number of hydrogen-bond donors (Lipinski definition) is 0. The van der Waals surface area contributed by atoms with Crippen molar-refractivity contribution in [1.29, 1.82) is 0 Å². The highest BCUT2D eigenvalue weighted by molar-refractivity contribution is 8.16. The van der Waals surface area contributed by atoms with E-state index < -0.39 is 85.2 Å². The molecule has 2 aliphatic carbocycles. The minimum Gasteiger partial charge on any atom is -0.497 e. The molecule has 0 N–H and O–H groups in total. The van der Waals surface area contributed by atoms with E-state index in [1.807, 2.05) is 0 Å². The molecular formula is C26H16F11NO2S. The summed E-state index contributed by atoms with van der Waals surface area (Å²) in [6.07, 6.45) is 0. The predicted octanol–water partition coefficient (Wildman–Crippen LogP) is 7.89. The molecule has 2 aromatic carbocycles. The molecule has 3 aliphatic rings. The molecule has 0 bridgehead atoms. The van der Waals surface area contributed by atoms with Crippen LogP contribution in [0.5, 0.6) is 5.75 Å². The van der Waals surface area contributed by atoms with E-state index in [2.05, 4.69) is 4.99 Å². The second kappa shape index (κ2) is 8.72. The molecule has 1 fully saturated rings. The number of allylic oxidation sites excluding steroid dienone is 2. The maximum absolute atomic E-state index is 15.4. The van der Waals surface area contributed by atoms with Gasteiger partial charge in [-0.15, -0.1) is 0 Å². The van der Waals surface area contributed by atoms with Crippen LogP contribution in [0.3, 0.4) is 0 Å². The van der Waals surface area contributed by atoms with Crippen molar-refractivity contribution in [3.05, 3.63) is 81.3 Å². The Hall–Kier alpha value is -3.07. The van der Waals surface area contributed by atoms with E-state index in [0.717, 1.165) is 21.0 Å². The third kappa shape index (κ3) is 3.35. The Bertz CT molecular complexity index is 1570. The van der Waals surface area contributed by atoms with Crippen LogP contribution in [-0.2, 0) is 4.74 Å². The van der Waals surface area contributed by atoms with Gasteiger partial charge in [-0.05, 0) is 29.8 Å². The van der Waals surface area contributed by atoms with E-state index in [0.29, 0.717) is 17.5 Å². The quantitative estimate of drug-likeness (QED) is 0.199. The molecule has 0 spiro atoms. The van der Waals surface area contributed by atoms with Crippen molar-refractivity contribution in [1.82, 2.24) is 0 Å². The summed E-state index contributed by atoms with van der Waals surface area (Å²) < 4.78 is 175. The molecular weight excluding hydrogens is 599 g/mol. The second-order valence-corrected chi connectivity index (χ2v) is 11.0. The van der Waals surface area contributed by atoms with Crippen molar-refractivity contribution in [2.45, 2.75) is 36.5 Å². The van der Waals surface area contributed by atoms with Crippen molar-refractivity contribution in [3.8, 4) is 5.75 Å². The predicted molar refractivity (Wildman–Crippen MR) is 126 cm³/mol. The van der Waals surface area contributed by atoms with E-state index in [-0.39, 0.29) is 10.6 Å². The van der Waals surface area contributed by atoms with E-state index in [1.165, 1.54) is 31.4 Å². The van der Waals surface area contributed by atoms with Gasteiger partial charge in [-0.25, -0.2) is 26.9 Å². The van der Waals surface area contributed by atoms with Crippen LogP contribution in [0.2, 0.25) is 0 Å². The van der Waals surface area contributed by atoms with Gasteiger partial charge in [0.2, 0.25) is 5.82 Å². The lowest BCUT2D eigenvalue weighted by Gasteiger charge is -2.48. The van der Waals surface area contributed by atoms with Gasteiger partial charge in [0.1, 0.15) is 10.8 Å². The third-order valence-electron chi connectivity index (χ3n) is 7.45. The first-order valence-corrected chi connectivity index (χ1v) is 12.3. The molecule has 1 heterocycles. The summed E-state index contributed by atoms with van der Waals surface area (Å²) in [7, 11) is 2.21. The largest absolute Gasteiger partial charge is 0.497 e. The maximum atomic E-state index is 15.4. The zero-order valence-corrected chi connectivity index (χ0v) is 22.0. The van der Waals surface area contributed by atoms with Crippen LogP contribution in [0.1, 0.15) is 25.0 Å². The second-order valence-electron chi connectivity index (χ2n) is 9.83. The lowest BCUT2D eigenvalue weighted by atomic mass is 9.66. The first-order valence-electron chi connectivity index (χ1n) is 11.5. The zero-order valence-electron chi connectivity index (χ0n) is 21.1. The van der Waals surface area contributed by atoms with Gasteiger partial charge in [-0.3, -0.25) is 0 Å². The van der Waals surface area contributed by atoms with Crippen LogP contribution >= 0.6 is 11.8 Å². The molecule has 0 amide bonds. The Morgan fingerprint density at radius 1 is 0.683 bits per heavy atom. The summed E-state index contributed by atoms with van der Waals surface area (Å²) in [5.41, 5.74) is -11.6. The Morgan fingerprint density at radius 3 is 1.66 bits per heavy atom. The molecule has 0 radical (unpaired) electrons. The van der Waals surface area contributed by atoms with Crippen LogP contribution in [0, 0.1) is 34.5 Å². The molecule has 5 rings (SSSR count). The van der Waals surface area contributed by atoms with Gasteiger partial charge in [0, 0.05) is 23.7 Å². The van der Waals surface area contributed by atoms with Crippen LogP contribution in [0.25, 0.3) is 5.57 Å². The summed E-state index contributed by atoms with van der Waals surface area (Å²) in [6.45, 7) is 1.80. The van der Waals surface area contributed by atoms with Gasteiger partial charge < -0.3 is 9.47 Å². The Labute approximate surface area is 228 Å². The fourth-order valence-electron chi connectivity index (χ4n) is 5.39. The highest BCUT2D eigenvalue weighted by Crippen LogP contribution is 2.73. The molecule has 0 aromatic heterocycles. The van der Waals surface area contributed by atoms with Crippen molar-refractivity contribution in [2.24, 2.45) is 10.4 Å². The smallest absolute Gasteiger partial charge is 0.380 e. The lowest BCUT2D eigenvalue weighted by Crippen LogP contribution is -2.49. The zero-order chi connectivity index (χ0) is 30.7. The van der Waals surface area contributed by atoms with E-state index >= 15 is 26.3 Å². The van der Waals surface area contributed by atoms with E-state index in [9.17, 15) is 22.0 Å². The average Bonchev–Trinajstić information content (AvgIpc) is 3.36. The molecule has 1 unspecified atom stereocenters. The number of nitrogens with zero attached hydrogens (tertiary/aromatic N) is 1. The lowest BCUT2D eigenvalue weighted by molar-refractivity contribution is -0.258. The van der Waals surface area contributed by atoms with Crippen molar-refractivity contribution in [2.75, 3.05) is 14.2 Å². The van der Waals surface area contributed by atoms with Gasteiger partial charge in [-0.1, -0.05) is 25.6 Å². The van der Waals surface area contributed by atoms with Gasteiger partial charge >= 0.3 is 17.8 Å². The van der Waals surface area contributed by atoms with Crippen molar-refractivity contribution >= 4 is 22.4 Å². The topological polar surface area (TPSA) is 30.8 Å². The molecule has 41 heavy (non-hydrogen) atoms. The van der Waals surface area contributed by atoms with Gasteiger partial charge in [0.25, 0.3) is 0 Å². The molecule has 220 valence electrons. The minimum absolute atomic E-state index is 0.157. The third-order valence-corrected chi connectivity index (χ3v) is 9.13. The van der Waals surface area contributed by atoms with Crippen LogP contribution in [-0.4, -0.2) is 42.0 Å². The maximum Gasteiger partial charge on any atom is 0.380 e. The Kier molecular flexibility index (Phi) is 6.26. The van der Waals surface area contributed by atoms with Crippen molar-refractivity contribution < 1.29 is 57.8 Å². The summed E-state index contributed by atoms with van der Waals surface area (Å²) in [6, 6.07) is 5.58. The van der Waals surface area contributed by atoms with E-state index in [1.54, 1.807) is 0 Å². The monoisotopic (exact) mass is 615 g/mol. The summed E-state index contributed by atoms with van der Waals surface area (Å²) >= 11 is 0.453. The Morgan fingerprint density at radius 2 is 1.17 bits per heavy atom. The Balaban J connectivity index is 1.97. The number of benzene rings is 2. The number of methoxy groups -OCH3 is 2. The fraction of sp³-hybridized carbons (Fsp3) is 0.346. The molecule has 0 saturated heterocycles.